The molecule has 0 saturated carbocycles. The van der Waals surface area contributed by atoms with Crippen molar-refractivity contribution >= 4 is 23.1 Å². The number of carbonyl (C=O) groups excluding carboxylic acids is 2. The molecule has 0 aliphatic carbocycles. The van der Waals surface area contributed by atoms with Gasteiger partial charge in [0.2, 0.25) is 5.91 Å². The number of nitro benzene ring substituents is 1. The fourth-order valence-corrected chi connectivity index (χ4v) is 2.53. The van der Waals surface area contributed by atoms with Crippen molar-refractivity contribution in [2.45, 2.75) is 26.4 Å². The minimum atomic E-state index is -4.89. The predicted octanol–water partition coefficient (Wildman–Crippen LogP) is 4.86. The first-order chi connectivity index (χ1) is 14.0. The van der Waals surface area contributed by atoms with Gasteiger partial charge >= 0.3 is 6.18 Å². The van der Waals surface area contributed by atoms with E-state index in [0.29, 0.717) is 18.2 Å². The summed E-state index contributed by atoms with van der Waals surface area (Å²) in [5.74, 6) is -1.27. The Labute approximate surface area is 170 Å². The Kier molecular flexibility index (Phi) is 7.14. The van der Waals surface area contributed by atoms with Crippen molar-refractivity contribution in [1.29, 1.82) is 0 Å². The van der Waals surface area contributed by atoms with Gasteiger partial charge in [-0.05, 0) is 36.2 Å². The Morgan fingerprint density at radius 2 is 1.77 bits per heavy atom. The van der Waals surface area contributed by atoms with Gasteiger partial charge in [-0.1, -0.05) is 13.8 Å². The van der Waals surface area contributed by atoms with Crippen LogP contribution in [0.25, 0.3) is 0 Å². The summed E-state index contributed by atoms with van der Waals surface area (Å²) in [4.78, 5) is 33.7. The molecule has 0 aliphatic heterocycles. The van der Waals surface area contributed by atoms with Crippen molar-refractivity contribution in [3.05, 3.63) is 63.7 Å². The Morgan fingerprint density at radius 3 is 2.30 bits per heavy atom. The van der Waals surface area contributed by atoms with Crippen LogP contribution in [0.4, 0.5) is 24.5 Å². The number of Topliss-reactive ketones (excluding diaryl/α,β-unsaturated/α-hetero) is 1. The highest BCUT2D eigenvalue weighted by molar-refractivity contribution is 5.98. The molecule has 0 aliphatic rings. The fourth-order valence-electron chi connectivity index (χ4n) is 2.53. The zero-order valence-electron chi connectivity index (χ0n) is 16.2. The van der Waals surface area contributed by atoms with E-state index in [-0.39, 0.29) is 17.4 Å². The third kappa shape index (κ3) is 6.29. The second-order valence-electron chi connectivity index (χ2n) is 6.87. The van der Waals surface area contributed by atoms with E-state index in [1.165, 1.54) is 24.3 Å². The molecule has 0 radical (unpaired) electrons. The first kappa shape index (κ1) is 22.9. The summed E-state index contributed by atoms with van der Waals surface area (Å²) in [5, 5.41) is 13.4. The fraction of sp³-hybridized carbons (Fsp3) is 0.300. The normalized spacial score (nSPS) is 11.3. The van der Waals surface area contributed by atoms with Gasteiger partial charge in [0, 0.05) is 29.8 Å². The van der Waals surface area contributed by atoms with Crippen LogP contribution in [0.1, 0.15) is 36.2 Å². The summed E-state index contributed by atoms with van der Waals surface area (Å²) in [7, 11) is 0. The second kappa shape index (κ2) is 9.38. The number of alkyl halides is 3. The van der Waals surface area contributed by atoms with Crippen molar-refractivity contribution in [2.24, 2.45) is 5.92 Å². The van der Waals surface area contributed by atoms with Crippen LogP contribution < -0.4 is 10.1 Å². The maximum Gasteiger partial charge on any atom is 0.420 e. The molecule has 7 nitrogen and oxygen atoms in total. The number of amides is 1. The van der Waals surface area contributed by atoms with E-state index in [4.69, 9.17) is 4.74 Å². The smallest absolute Gasteiger partial charge is 0.420 e. The molecule has 1 amide bonds. The molecule has 30 heavy (non-hydrogen) atoms. The molecular formula is C20H19F3N2O5. The van der Waals surface area contributed by atoms with Gasteiger partial charge in [0.05, 0.1) is 4.92 Å². The number of benzene rings is 2. The second-order valence-corrected chi connectivity index (χ2v) is 6.87. The third-order valence-corrected chi connectivity index (χ3v) is 3.92. The minimum absolute atomic E-state index is 0.173. The molecular weight excluding hydrogens is 405 g/mol. The highest BCUT2D eigenvalue weighted by atomic mass is 19.4. The summed E-state index contributed by atoms with van der Waals surface area (Å²) >= 11 is 0. The number of nitro groups is 1. The molecule has 2 rings (SSSR count). The number of ether oxygens (including phenoxy) is 1. The molecule has 0 fully saturated rings. The Balaban J connectivity index is 2.07. The molecule has 0 bridgehead atoms. The van der Waals surface area contributed by atoms with Gasteiger partial charge in [-0.3, -0.25) is 19.7 Å². The van der Waals surface area contributed by atoms with E-state index in [0.717, 1.165) is 12.1 Å². The quantitative estimate of drug-likeness (QED) is 0.371. The average Bonchev–Trinajstić information content (AvgIpc) is 2.65. The van der Waals surface area contributed by atoms with Crippen molar-refractivity contribution in [1.82, 2.24) is 0 Å². The van der Waals surface area contributed by atoms with E-state index in [9.17, 15) is 32.9 Å². The largest absolute Gasteiger partial charge is 0.485 e. The van der Waals surface area contributed by atoms with E-state index in [1.54, 1.807) is 0 Å². The van der Waals surface area contributed by atoms with E-state index in [1.807, 2.05) is 13.8 Å². The maximum atomic E-state index is 13.1. The number of anilines is 1. The van der Waals surface area contributed by atoms with Gasteiger partial charge in [-0.15, -0.1) is 0 Å². The monoisotopic (exact) mass is 424 g/mol. The molecule has 2 aromatic rings. The van der Waals surface area contributed by atoms with Crippen LogP contribution in [0, 0.1) is 16.0 Å². The van der Waals surface area contributed by atoms with Gasteiger partial charge in [0.1, 0.15) is 11.3 Å². The standard InChI is InChI=1S/C20H19F3N2O5/c1-12(2)9-19(27)24-14-5-3-13(4-6-14)17(26)11-30-18-8-7-15(25(28)29)10-16(18)20(21,22)23/h3-8,10,12H,9,11H2,1-2H3,(H,24,27). The lowest BCUT2D eigenvalue weighted by molar-refractivity contribution is -0.385. The van der Waals surface area contributed by atoms with Crippen LogP contribution in [0.5, 0.6) is 5.75 Å². The molecule has 0 spiro atoms. The molecule has 2 aromatic carbocycles. The number of nitrogens with zero attached hydrogens (tertiary/aromatic N) is 1. The summed E-state index contributed by atoms with van der Waals surface area (Å²) in [6.45, 7) is 3.10. The molecule has 0 atom stereocenters. The Bertz CT molecular complexity index is 940. The van der Waals surface area contributed by atoms with Gasteiger partial charge in [0.25, 0.3) is 5.69 Å². The zero-order valence-corrected chi connectivity index (χ0v) is 16.2. The average molecular weight is 424 g/mol. The van der Waals surface area contributed by atoms with Crippen LogP contribution in [0.2, 0.25) is 0 Å². The van der Waals surface area contributed by atoms with Crippen molar-refractivity contribution < 1.29 is 32.4 Å². The number of halogens is 3. The van der Waals surface area contributed by atoms with Crippen LogP contribution in [-0.4, -0.2) is 23.2 Å². The first-order valence-corrected chi connectivity index (χ1v) is 8.89. The molecule has 0 unspecified atom stereocenters. The lowest BCUT2D eigenvalue weighted by atomic mass is 10.1. The topological polar surface area (TPSA) is 98.5 Å². The lowest BCUT2D eigenvalue weighted by Crippen LogP contribution is -2.16. The molecule has 0 aromatic heterocycles. The van der Waals surface area contributed by atoms with Crippen LogP contribution in [0.15, 0.2) is 42.5 Å². The number of carbonyl (C=O) groups is 2. The molecule has 10 heteroatoms. The lowest BCUT2D eigenvalue weighted by Gasteiger charge is -2.13. The van der Waals surface area contributed by atoms with Gasteiger partial charge in [-0.2, -0.15) is 13.2 Å². The van der Waals surface area contributed by atoms with Crippen molar-refractivity contribution in [2.75, 3.05) is 11.9 Å². The maximum absolute atomic E-state index is 13.1. The van der Waals surface area contributed by atoms with Gasteiger partial charge in [0.15, 0.2) is 12.4 Å². The SMILES string of the molecule is CC(C)CC(=O)Nc1ccc(C(=O)COc2ccc([N+](=O)[O-])cc2C(F)(F)F)cc1. The minimum Gasteiger partial charge on any atom is -0.485 e. The molecule has 0 heterocycles. The highest BCUT2D eigenvalue weighted by Crippen LogP contribution is 2.38. The summed E-state index contributed by atoms with van der Waals surface area (Å²) in [6, 6.07) is 7.85. The molecule has 160 valence electrons. The van der Waals surface area contributed by atoms with Crippen LogP contribution >= 0.6 is 0 Å². The Hall–Kier alpha value is -3.43. The van der Waals surface area contributed by atoms with Crippen LogP contribution in [-0.2, 0) is 11.0 Å². The van der Waals surface area contributed by atoms with Gasteiger partial charge in [-0.25, -0.2) is 0 Å². The van der Waals surface area contributed by atoms with E-state index in [2.05, 4.69) is 5.32 Å². The summed E-state index contributed by atoms with van der Waals surface area (Å²) in [5.41, 5.74) is -1.43. The number of nitrogens with one attached hydrogen (secondary N) is 1. The van der Waals surface area contributed by atoms with E-state index < -0.39 is 40.5 Å². The highest BCUT2D eigenvalue weighted by Gasteiger charge is 2.36. The van der Waals surface area contributed by atoms with Crippen LogP contribution in [0.3, 0.4) is 0 Å². The summed E-state index contributed by atoms with van der Waals surface area (Å²) < 4.78 is 44.4. The molecule has 0 saturated heterocycles. The number of hydrogen-bond acceptors (Lipinski definition) is 5. The van der Waals surface area contributed by atoms with Crippen molar-refractivity contribution in [3.63, 3.8) is 0 Å². The van der Waals surface area contributed by atoms with E-state index >= 15 is 0 Å². The molecule has 1 N–H and O–H groups in total. The van der Waals surface area contributed by atoms with Gasteiger partial charge < -0.3 is 10.1 Å². The predicted molar refractivity (Wildman–Crippen MR) is 102 cm³/mol. The summed E-state index contributed by atoms with van der Waals surface area (Å²) in [6.07, 6.45) is -4.55. The van der Waals surface area contributed by atoms with Crippen molar-refractivity contribution in [3.8, 4) is 5.75 Å². The Morgan fingerprint density at radius 1 is 1.13 bits per heavy atom. The third-order valence-electron chi connectivity index (χ3n) is 3.92. The number of non-ortho nitro benzene ring substituents is 1. The number of rotatable bonds is 8. The first-order valence-electron chi connectivity index (χ1n) is 8.89. The zero-order chi connectivity index (χ0) is 22.5. The number of ketones is 1. The number of hydrogen-bond donors (Lipinski definition) is 1.